The molecule has 0 aromatic carbocycles. The number of methoxy groups -OCH3 is 1. The van der Waals surface area contributed by atoms with Gasteiger partial charge in [-0.15, -0.1) is 0 Å². The van der Waals surface area contributed by atoms with Crippen LogP contribution in [0, 0.1) is 0 Å². The fourth-order valence-electron chi connectivity index (χ4n) is 2.06. The van der Waals surface area contributed by atoms with E-state index in [4.69, 9.17) is 4.74 Å². The average molecular weight is 242 g/mol. The highest BCUT2D eigenvalue weighted by Crippen LogP contribution is 2.18. The van der Waals surface area contributed by atoms with Crippen LogP contribution in [-0.4, -0.2) is 50.8 Å². The lowest BCUT2D eigenvalue weighted by Crippen LogP contribution is -2.29. The van der Waals surface area contributed by atoms with Gasteiger partial charge < -0.3 is 15.0 Å². The Kier molecular flexibility index (Phi) is 7.82. The zero-order chi connectivity index (χ0) is 12.5. The molecule has 0 amide bonds. The molecule has 0 aromatic rings. The van der Waals surface area contributed by atoms with Crippen LogP contribution in [0.3, 0.4) is 0 Å². The van der Waals surface area contributed by atoms with E-state index in [1.807, 2.05) is 0 Å². The van der Waals surface area contributed by atoms with Gasteiger partial charge in [0.1, 0.15) is 0 Å². The number of hydrogen-bond acceptors (Lipinski definition) is 3. The molecule has 1 aliphatic carbocycles. The van der Waals surface area contributed by atoms with E-state index >= 15 is 0 Å². The molecule has 102 valence electrons. The fourth-order valence-corrected chi connectivity index (χ4v) is 2.06. The molecular formula is C14H30N2O. The van der Waals surface area contributed by atoms with Crippen LogP contribution in [0.15, 0.2) is 0 Å². The van der Waals surface area contributed by atoms with E-state index in [2.05, 4.69) is 24.2 Å². The van der Waals surface area contributed by atoms with Gasteiger partial charge in [-0.1, -0.05) is 12.8 Å². The molecule has 1 unspecified atom stereocenters. The average Bonchev–Trinajstić information content (AvgIpc) is 3.11. The number of hydrogen-bond donors (Lipinski definition) is 1. The maximum atomic E-state index is 5.26. The molecule has 1 fully saturated rings. The van der Waals surface area contributed by atoms with Gasteiger partial charge in [-0.2, -0.15) is 0 Å². The molecular weight excluding hydrogens is 212 g/mol. The lowest BCUT2D eigenvalue weighted by Gasteiger charge is -2.20. The van der Waals surface area contributed by atoms with Crippen LogP contribution in [0.2, 0.25) is 0 Å². The Hall–Kier alpha value is -0.120. The van der Waals surface area contributed by atoms with E-state index in [1.165, 1.54) is 51.6 Å². The van der Waals surface area contributed by atoms with Crippen molar-refractivity contribution in [1.29, 1.82) is 0 Å². The maximum Gasteiger partial charge on any atom is 0.0669 e. The number of unbranched alkanes of at least 4 members (excludes halogenated alkanes) is 3. The Morgan fingerprint density at radius 2 is 1.94 bits per heavy atom. The summed E-state index contributed by atoms with van der Waals surface area (Å²) in [4.78, 5) is 2.37. The first-order chi connectivity index (χ1) is 8.22. The quantitative estimate of drug-likeness (QED) is 0.563. The summed E-state index contributed by atoms with van der Waals surface area (Å²) in [6.45, 7) is 5.59. The minimum absolute atomic E-state index is 0.350. The van der Waals surface area contributed by atoms with Crippen molar-refractivity contribution in [2.75, 3.05) is 33.8 Å². The molecule has 0 aliphatic heterocycles. The van der Waals surface area contributed by atoms with Gasteiger partial charge in [-0.05, 0) is 52.7 Å². The molecule has 0 bridgehead atoms. The zero-order valence-electron chi connectivity index (χ0n) is 11.9. The second-order valence-corrected chi connectivity index (χ2v) is 5.45. The van der Waals surface area contributed by atoms with Crippen LogP contribution < -0.4 is 5.32 Å². The number of nitrogens with one attached hydrogen (secondary N) is 1. The summed E-state index contributed by atoms with van der Waals surface area (Å²) in [5.41, 5.74) is 0. The second kappa shape index (κ2) is 8.90. The van der Waals surface area contributed by atoms with E-state index in [1.54, 1.807) is 7.11 Å². The molecule has 1 N–H and O–H groups in total. The SMILES string of the molecule is COC(C)CN(C)CCCCCCNC1CC1. The summed E-state index contributed by atoms with van der Waals surface area (Å²) in [6.07, 6.45) is 8.55. The Balaban J connectivity index is 1.78. The van der Waals surface area contributed by atoms with Crippen LogP contribution in [0.5, 0.6) is 0 Å². The molecule has 0 aromatic heterocycles. The third-order valence-corrected chi connectivity index (χ3v) is 3.45. The third-order valence-electron chi connectivity index (χ3n) is 3.45. The van der Waals surface area contributed by atoms with Gasteiger partial charge in [0.15, 0.2) is 0 Å². The summed E-state index contributed by atoms with van der Waals surface area (Å²) in [7, 11) is 3.97. The van der Waals surface area contributed by atoms with Crippen molar-refractivity contribution in [2.24, 2.45) is 0 Å². The van der Waals surface area contributed by atoms with Gasteiger partial charge >= 0.3 is 0 Å². The molecule has 0 heterocycles. The minimum atomic E-state index is 0.350. The topological polar surface area (TPSA) is 24.5 Å². The Bertz CT molecular complexity index is 183. The monoisotopic (exact) mass is 242 g/mol. The molecule has 3 heteroatoms. The standard InChI is InChI=1S/C14H30N2O/c1-13(17-3)12-16(2)11-7-5-4-6-10-15-14-8-9-14/h13-15H,4-12H2,1-3H3. The van der Waals surface area contributed by atoms with Gasteiger partial charge in [0, 0.05) is 19.7 Å². The van der Waals surface area contributed by atoms with E-state index in [0.29, 0.717) is 6.10 Å². The van der Waals surface area contributed by atoms with Gasteiger partial charge in [0.25, 0.3) is 0 Å². The van der Waals surface area contributed by atoms with Gasteiger partial charge in [0.05, 0.1) is 6.10 Å². The summed E-state index contributed by atoms with van der Waals surface area (Å²) < 4.78 is 5.26. The highest BCUT2D eigenvalue weighted by atomic mass is 16.5. The largest absolute Gasteiger partial charge is 0.380 e. The number of ether oxygens (including phenoxy) is 1. The highest BCUT2D eigenvalue weighted by molar-refractivity contribution is 4.80. The molecule has 0 saturated heterocycles. The summed E-state index contributed by atoms with van der Waals surface area (Å²) in [5, 5.41) is 3.56. The second-order valence-electron chi connectivity index (χ2n) is 5.45. The zero-order valence-corrected chi connectivity index (χ0v) is 11.9. The molecule has 1 rings (SSSR count). The molecule has 1 saturated carbocycles. The predicted octanol–water partition coefficient (Wildman–Crippen LogP) is 2.27. The van der Waals surface area contributed by atoms with Gasteiger partial charge in [0.2, 0.25) is 0 Å². The molecule has 1 atom stereocenters. The first-order valence-electron chi connectivity index (χ1n) is 7.17. The van der Waals surface area contributed by atoms with E-state index in [0.717, 1.165) is 12.6 Å². The van der Waals surface area contributed by atoms with Crippen molar-refractivity contribution in [3.05, 3.63) is 0 Å². The summed E-state index contributed by atoms with van der Waals surface area (Å²) in [6, 6.07) is 0.872. The van der Waals surface area contributed by atoms with Crippen molar-refractivity contribution in [3.8, 4) is 0 Å². The lowest BCUT2D eigenvalue weighted by molar-refractivity contribution is 0.0852. The van der Waals surface area contributed by atoms with Crippen LogP contribution in [0.25, 0.3) is 0 Å². The van der Waals surface area contributed by atoms with Crippen LogP contribution in [-0.2, 0) is 4.74 Å². The maximum absolute atomic E-state index is 5.26. The number of rotatable bonds is 11. The molecule has 17 heavy (non-hydrogen) atoms. The third kappa shape index (κ3) is 8.58. The van der Waals surface area contributed by atoms with Gasteiger partial charge in [-0.25, -0.2) is 0 Å². The molecule has 3 nitrogen and oxygen atoms in total. The van der Waals surface area contributed by atoms with Crippen LogP contribution >= 0.6 is 0 Å². The first-order valence-corrected chi connectivity index (χ1v) is 7.17. The number of nitrogens with zero attached hydrogens (tertiary/aromatic N) is 1. The lowest BCUT2D eigenvalue weighted by atomic mass is 10.2. The van der Waals surface area contributed by atoms with Crippen LogP contribution in [0.4, 0.5) is 0 Å². The molecule has 1 aliphatic rings. The van der Waals surface area contributed by atoms with Crippen molar-refractivity contribution >= 4 is 0 Å². The Morgan fingerprint density at radius 3 is 2.59 bits per heavy atom. The highest BCUT2D eigenvalue weighted by Gasteiger charge is 2.19. The van der Waals surface area contributed by atoms with E-state index in [9.17, 15) is 0 Å². The number of likely N-dealkylation sites (N-methyl/N-ethyl adjacent to an activating group) is 1. The smallest absolute Gasteiger partial charge is 0.0669 e. The molecule has 0 radical (unpaired) electrons. The first kappa shape index (κ1) is 14.9. The van der Waals surface area contributed by atoms with Crippen molar-refractivity contribution in [2.45, 2.75) is 57.6 Å². The van der Waals surface area contributed by atoms with E-state index in [-0.39, 0.29) is 0 Å². The van der Waals surface area contributed by atoms with Gasteiger partial charge in [-0.3, -0.25) is 0 Å². The fraction of sp³-hybridized carbons (Fsp3) is 1.00. The van der Waals surface area contributed by atoms with Crippen LogP contribution in [0.1, 0.15) is 45.4 Å². The normalized spacial score (nSPS) is 17.6. The predicted molar refractivity (Wildman–Crippen MR) is 73.5 cm³/mol. The van der Waals surface area contributed by atoms with Crippen molar-refractivity contribution in [3.63, 3.8) is 0 Å². The van der Waals surface area contributed by atoms with E-state index < -0.39 is 0 Å². The Morgan fingerprint density at radius 1 is 1.24 bits per heavy atom. The summed E-state index contributed by atoms with van der Waals surface area (Å²) in [5.74, 6) is 0. The Labute approximate surface area is 107 Å². The van der Waals surface area contributed by atoms with Crippen molar-refractivity contribution < 1.29 is 4.74 Å². The minimum Gasteiger partial charge on any atom is -0.380 e. The molecule has 0 spiro atoms. The van der Waals surface area contributed by atoms with Crippen molar-refractivity contribution in [1.82, 2.24) is 10.2 Å². The summed E-state index contributed by atoms with van der Waals surface area (Å²) >= 11 is 0.